The molecule has 2 atom stereocenters. The highest BCUT2D eigenvalue weighted by Crippen LogP contribution is 2.20. The third-order valence-corrected chi connectivity index (χ3v) is 3.68. The molecule has 2 heteroatoms. The number of hydrogen-bond donors (Lipinski definition) is 1. The summed E-state index contributed by atoms with van der Waals surface area (Å²) in [5.41, 5.74) is 0. The molecule has 0 aromatic heterocycles. The molecule has 1 N–H and O–H groups in total. The minimum Gasteiger partial charge on any atom is -0.396 e. The van der Waals surface area contributed by atoms with E-state index >= 15 is 0 Å². The van der Waals surface area contributed by atoms with Crippen LogP contribution in [0.15, 0.2) is 0 Å². The van der Waals surface area contributed by atoms with Crippen LogP contribution in [0.5, 0.6) is 0 Å². The van der Waals surface area contributed by atoms with E-state index in [1.54, 1.807) is 0 Å². The minimum absolute atomic E-state index is 0.379. The largest absolute Gasteiger partial charge is 0.396 e. The van der Waals surface area contributed by atoms with Crippen LogP contribution >= 0.6 is 0 Å². The SMILES string of the molecule is CC(C)C(C)N1CCCC(CO)CC1. The fourth-order valence-electron chi connectivity index (χ4n) is 2.20. The highest BCUT2D eigenvalue weighted by molar-refractivity contribution is 4.75. The van der Waals surface area contributed by atoms with Gasteiger partial charge in [0.05, 0.1) is 0 Å². The van der Waals surface area contributed by atoms with Crippen molar-refractivity contribution in [3.8, 4) is 0 Å². The zero-order valence-electron chi connectivity index (χ0n) is 9.87. The monoisotopic (exact) mass is 199 g/mol. The number of rotatable bonds is 3. The van der Waals surface area contributed by atoms with Crippen LogP contribution in [-0.2, 0) is 0 Å². The summed E-state index contributed by atoms with van der Waals surface area (Å²) in [5.74, 6) is 1.29. The molecule has 1 rings (SSSR count). The Labute approximate surface area is 88.3 Å². The van der Waals surface area contributed by atoms with Crippen LogP contribution in [0.4, 0.5) is 0 Å². The number of hydrogen-bond acceptors (Lipinski definition) is 2. The van der Waals surface area contributed by atoms with E-state index in [2.05, 4.69) is 25.7 Å². The van der Waals surface area contributed by atoms with E-state index in [9.17, 15) is 0 Å². The Morgan fingerprint density at radius 1 is 1.21 bits per heavy atom. The van der Waals surface area contributed by atoms with Gasteiger partial charge < -0.3 is 10.0 Å². The van der Waals surface area contributed by atoms with Gasteiger partial charge >= 0.3 is 0 Å². The molecule has 1 aliphatic rings. The molecule has 2 nitrogen and oxygen atoms in total. The van der Waals surface area contributed by atoms with Crippen LogP contribution in [0.1, 0.15) is 40.0 Å². The molecule has 2 unspecified atom stereocenters. The van der Waals surface area contributed by atoms with Crippen LogP contribution < -0.4 is 0 Å². The van der Waals surface area contributed by atoms with E-state index in [0.717, 1.165) is 5.92 Å². The van der Waals surface area contributed by atoms with E-state index in [4.69, 9.17) is 5.11 Å². The molecule has 0 aromatic carbocycles. The smallest absolute Gasteiger partial charge is 0.0459 e. The third-order valence-electron chi connectivity index (χ3n) is 3.68. The van der Waals surface area contributed by atoms with Crippen molar-refractivity contribution in [1.29, 1.82) is 0 Å². The Bertz CT molecular complexity index is 158. The second-order valence-corrected chi connectivity index (χ2v) is 5.00. The molecule has 0 aromatic rings. The number of likely N-dealkylation sites (tertiary alicyclic amines) is 1. The molecule has 0 amide bonds. The Balaban J connectivity index is 2.41. The minimum atomic E-state index is 0.379. The Morgan fingerprint density at radius 3 is 2.50 bits per heavy atom. The van der Waals surface area contributed by atoms with Gasteiger partial charge in [0, 0.05) is 12.6 Å². The van der Waals surface area contributed by atoms with Crippen molar-refractivity contribution in [1.82, 2.24) is 4.90 Å². The predicted octanol–water partition coefficient (Wildman–Crippen LogP) is 2.13. The summed E-state index contributed by atoms with van der Waals surface area (Å²) in [6.07, 6.45) is 3.63. The van der Waals surface area contributed by atoms with E-state index < -0.39 is 0 Å². The molecule has 1 fully saturated rings. The van der Waals surface area contributed by atoms with Gasteiger partial charge in [0.25, 0.3) is 0 Å². The Morgan fingerprint density at radius 2 is 1.93 bits per heavy atom. The third kappa shape index (κ3) is 3.25. The van der Waals surface area contributed by atoms with E-state index in [0.29, 0.717) is 18.6 Å². The number of nitrogens with zero attached hydrogens (tertiary/aromatic N) is 1. The maximum atomic E-state index is 9.13. The van der Waals surface area contributed by atoms with Gasteiger partial charge in [0.1, 0.15) is 0 Å². The second kappa shape index (κ2) is 5.72. The van der Waals surface area contributed by atoms with Crippen LogP contribution in [-0.4, -0.2) is 35.7 Å². The summed E-state index contributed by atoms with van der Waals surface area (Å²) in [6.45, 7) is 9.67. The average molecular weight is 199 g/mol. The van der Waals surface area contributed by atoms with Crippen molar-refractivity contribution in [2.45, 2.75) is 46.1 Å². The molecule has 1 saturated heterocycles. The summed E-state index contributed by atoms with van der Waals surface area (Å²) < 4.78 is 0. The first-order chi connectivity index (χ1) is 6.65. The molecule has 0 aliphatic carbocycles. The molecule has 0 spiro atoms. The zero-order valence-corrected chi connectivity index (χ0v) is 9.87. The van der Waals surface area contributed by atoms with Crippen molar-refractivity contribution in [2.75, 3.05) is 19.7 Å². The summed E-state index contributed by atoms with van der Waals surface area (Å²) in [4.78, 5) is 2.58. The van der Waals surface area contributed by atoms with E-state index in [1.165, 1.54) is 32.4 Å². The van der Waals surface area contributed by atoms with Crippen molar-refractivity contribution in [3.05, 3.63) is 0 Å². The van der Waals surface area contributed by atoms with Gasteiger partial charge in [-0.3, -0.25) is 0 Å². The van der Waals surface area contributed by atoms with Gasteiger partial charge in [-0.25, -0.2) is 0 Å². The predicted molar refractivity (Wildman–Crippen MR) is 60.3 cm³/mol. The lowest BCUT2D eigenvalue weighted by atomic mass is 10.0. The van der Waals surface area contributed by atoms with Crippen LogP contribution in [0, 0.1) is 11.8 Å². The van der Waals surface area contributed by atoms with Gasteiger partial charge in [-0.2, -0.15) is 0 Å². The van der Waals surface area contributed by atoms with E-state index in [-0.39, 0.29) is 0 Å². The summed E-state index contributed by atoms with van der Waals surface area (Å²) in [6, 6.07) is 0.687. The lowest BCUT2D eigenvalue weighted by Gasteiger charge is -2.30. The lowest BCUT2D eigenvalue weighted by Crippen LogP contribution is -2.37. The average Bonchev–Trinajstić information content (AvgIpc) is 2.41. The van der Waals surface area contributed by atoms with Crippen molar-refractivity contribution in [3.63, 3.8) is 0 Å². The van der Waals surface area contributed by atoms with Gasteiger partial charge in [-0.05, 0) is 51.1 Å². The first kappa shape index (κ1) is 12.0. The molecule has 0 radical (unpaired) electrons. The standard InChI is InChI=1S/C12H25NO/c1-10(2)11(3)13-7-4-5-12(9-14)6-8-13/h10-12,14H,4-9H2,1-3H3. The van der Waals surface area contributed by atoms with Gasteiger partial charge in [0.2, 0.25) is 0 Å². The highest BCUT2D eigenvalue weighted by Gasteiger charge is 2.21. The van der Waals surface area contributed by atoms with Gasteiger partial charge in [-0.1, -0.05) is 13.8 Å². The maximum absolute atomic E-state index is 9.13. The Hall–Kier alpha value is -0.0800. The van der Waals surface area contributed by atoms with E-state index in [1.807, 2.05) is 0 Å². The zero-order chi connectivity index (χ0) is 10.6. The van der Waals surface area contributed by atoms with Crippen molar-refractivity contribution >= 4 is 0 Å². The summed E-state index contributed by atoms with van der Waals surface area (Å²) >= 11 is 0. The highest BCUT2D eigenvalue weighted by atomic mass is 16.3. The van der Waals surface area contributed by atoms with Gasteiger partial charge in [0.15, 0.2) is 0 Å². The first-order valence-electron chi connectivity index (χ1n) is 6.00. The molecular weight excluding hydrogens is 174 g/mol. The second-order valence-electron chi connectivity index (χ2n) is 5.00. The maximum Gasteiger partial charge on any atom is 0.0459 e. The molecular formula is C12H25NO. The van der Waals surface area contributed by atoms with Crippen molar-refractivity contribution < 1.29 is 5.11 Å². The molecule has 84 valence electrons. The van der Waals surface area contributed by atoms with Crippen molar-refractivity contribution in [2.24, 2.45) is 11.8 Å². The molecule has 1 aliphatic heterocycles. The normalized spacial score (nSPS) is 27.6. The lowest BCUT2D eigenvalue weighted by molar-refractivity contribution is 0.165. The van der Waals surface area contributed by atoms with Crippen LogP contribution in [0.2, 0.25) is 0 Å². The summed E-state index contributed by atoms with van der Waals surface area (Å²) in [7, 11) is 0. The molecule has 0 bridgehead atoms. The Kier molecular flexibility index (Phi) is 4.90. The first-order valence-corrected chi connectivity index (χ1v) is 6.00. The number of aliphatic hydroxyl groups excluding tert-OH is 1. The van der Waals surface area contributed by atoms with Crippen LogP contribution in [0.3, 0.4) is 0 Å². The fourth-order valence-corrected chi connectivity index (χ4v) is 2.20. The molecule has 14 heavy (non-hydrogen) atoms. The fraction of sp³-hybridized carbons (Fsp3) is 1.00. The van der Waals surface area contributed by atoms with Gasteiger partial charge in [-0.15, -0.1) is 0 Å². The summed E-state index contributed by atoms with van der Waals surface area (Å²) in [5, 5.41) is 9.13. The topological polar surface area (TPSA) is 23.5 Å². The molecule has 0 saturated carbocycles. The van der Waals surface area contributed by atoms with Crippen LogP contribution in [0.25, 0.3) is 0 Å². The number of aliphatic hydroxyl groups is 1. The quantitative estimate of drug-likeness (QED) is 0.752. The molecule has 1 heterocycles.